The fourth-order valence-electron chi connectivity index (χ4n) is 2.17. The Morgan fingerprint density at radius 2 is 1.83 bits per heavy atom. The molecule has 0 radical (unpaired) electrons. The molecule has 2 unspecified atom stereocenters. The van der Waals surface area contributed by atoms with E-state index in [-0.39, 0.29) is 0 Å². The highest BCUT2D eigenvalue weighted by atomic mass is 14.9. The molecule has 0 aliphatic rings. The first kappa shape index (κ1) is 17.7. The third kappa shape index (κ3) is 8.71. The van der Waals surface area contributed by atoms with Gasteiger partial charge in [0.25, 0.3) is 0 Å². The molecule has 0 aromatic carbocycles. The van der Waals surface area contributed by atoms with Gasteiger partial charge in [0.1, 0.15) is 0 Å². The molecule has 0 rings (SSSR count). The average molecular weight is 254 g/mol. The van der Waals surface area contributed by atoms with Crippen LogP contribution in [0.2, 0.25) is 0 Å². The fraction of sp³-hybridized carbons (Fsp3) is 0.875. The summed E-state index contributed by atoms with van der Waals surface area (Å²) in [4.78, 5) is 0. The highest BCUT2D eigenvalue weighted by molar-refractivity contribution is 5.01. The Labute approximate surface area is 115 Å². The lowest BCUT2D eigenvalue weighted by Crippen LogP contribution is -2.26. The summed E-state index contributed by atoms with van der Waals surface area (Å²) in [5.74, 6) is 1.45. The lowest BCUT2D eigenvalue weighted by Gasteiger charge is -2.18. The van der Waals surface area contributed by atoms with Crippen LogP contribution in [-0.2, 0) is 0 Å². The number of nitrogens with one attached hydrogen (secondary N) is 2. The second-order valence-electron chi connectivity index (χ2n) is 5.40. The molecule has 2 atom stereocenters. The van der Waals surface area contributed by atoms with E-state index in [1.54, 1.807) is 0 Å². The first-order valence-corrected chi connectivity index (χ1v) is 7.74. The Hall–Kier alpha value is -0.340. The van der Waals surface area contributed by atoms with Gasteiger partial charge in [-0.25, -0.2) is 0 Å². The standard InChI is InChI=1S/C16H34N2/c1-6-9-16(7-2)13-18-12-15(5)14(4)10-11-17-8-3/h14,16-18H,5-13H2,1-4H3. The van der Waals surface area contributed by atoms with E-state index in [1.165, 1.54) is 31.3 Å². The summed E-state index contributed by atoms with van der Waals surface area (Å²) < 4.78 is 0. The molecule has 2 heteroatoms. The van der Waals surface area contributed by atoms with E-state index in [1.807, 2.05) is 0 Å². The Bertz CT molecular complexity index is 201. The Balaban J connectivity index is 3.67. The van der Waals surface area contributed by atoms with Gasteiger partial charge in [-0.1, -0.05) is 52.7 Å². The maximum absolute atomic E-state index is 4.21. The van der Waals surface area contributed by atoms with Crippen molar-refractivity contribution in [1.82, 2.24) is 10.6 Å². The molecule has 0 bridgehead atoms. The fourth-order valence-corrected chi connectivity index (χ4v) is 2.17. The summed E-state index contributed by atoms with van der Waals surface area (Å²) in [6.07, 6.45) is 5.11. The normalized spacial score (nSPS) is 14.4. The summed E-state index contributed by atoms with van der Waals surface area (Å²) >= 11 is 0. The van der Waals surface area contributed by atoms with Crippen molar-refractivity contribution in [1.29, 1.82) is 0 Å². The van der Waals surface area contributed by atoms with Gasteiger partial charge < -0.3 is 10.6 Å². The van der Waals surface area contributed by atoms with Crippen LogP contribution in [-0.4, -0.2) is 26.2 Å². The largest absolute Gasteiger partial charge is 0.317 e. The minimum absolute atomic E-state index is 0.614. The summed E-state index contributed by atoms with van der Waals surface area (Å²) in [7, 11) is 0. The minimum atomic E-state index is 0.614. The van der Waals surface area contributed by atoms with E-state index in [0.29, 0.717) is 5.92 Å². The van der Waals surface area contributed by atoms with Crippen LogP contribution in [0.5, 0.6) is 0 Å². The van der Waals surface area contributed by atoms with Crippen LogP contribution in [0.4, 0.5) is 0 Å². The first-order valence-electron chi connectivity index (χ1n) is 7.74. The first-order chi connectivity index (χ1) is 8.65. The van der Waals surface area contributed by atoms with Gasteiger partial charge in [0.05, 0.1) is 0 Å². The van der Waals surface area contributed by atoms with Gasteiger partial charge >= 0.3 is 0 Å². The second-order valence-corrected chi connectivity index (χ2v) is 5.40. The van der Waals surface area contributed by atoms with Crippen LogP contribution < -0.4 is 10.6 Å². The molecule has 2 nitrogen and oxygen atoms in total. The van der Waals surface area contributed by atoms with Gasteiger partial charge in [0.15, 0.2) is 0 Å². The van der Waals surface area contributed by atoms with E-state index in [2.05, 4.69) is 44.9 Å². The molecule has 0 heterocycles. The van der Waals surface area contributed by atoms with Crippen LogP contribution in [0.15, 0.2) is 12.2 Å². The summed E-state index contributed by atoms with van der Waals surface area (Å²) in [5.41, 5.74) is 1.35. The molecular formula is C16H34N2. The van der Waals surface area contributed by atoms with Gasteiger partial charge in [-0.2, -0.15) is 0 Å². The van der Waals surface area contributed by atoms with E-state index in [9.17, 15) is 0 Å². The maximum atomic E-state index is 4.21. The van der Waals surface area contributed by atoms with Crippen molar-refractivity contribution in [2.24, 2.45) is 11.8 Å². The summed E-state index contributed by atoms with van der Waals surface area (Å²) in [5, 5.41) is 6.95. The smallest absolute Gasteiger partial charge is 0.0164 e. The van der Waals surface area contributed by atoms with Crippen molar-refractivity contribution >= 4 is 0 Å². The summed E-state index contributed by atoms with van der Waals surface area (Å²) in [6, 6.07) is 0. The second kappa shape index (κ2) is 11.7. The zero-order chi connectivity index (χ0) is 13.8. The van der Waals surface area contributed by atoms with Crippen molar-refractivity contribution in [2.75, 3.05) is 26.2 Å². The Morgan fingerprint density at radius 3 is 2.39 bits per heavy atom. The van der Waals surface area contributed by atoms with E-state index in [4.69, 9.17) is 0 Å². The molecule has 0 fully saturated rings. The molecule has 0 aromatic heterocycles. The zero-order valence-corrected chi connectivity index (χ0v) is 13.0. The van der Waals surface area contributed by atoms with Gasteiger partial charge in [-0.3, -0.25) is 0 Å². The molecule has 18 heavy (non-hydrogen) atoms. The van der Waals surface area contributed by atoms with E-state index >= 15 is 0 Å². The van der Waals surface area contributed by atoms with E-state index in [0.717, 1.165) is 32.1 Å². The van der Waals surface area contributed by atoms with Gasteiger partial charge in [0.2, 0.25) is 0 Å². The van der Waals surface area contributed by atoms with Gasteiger partial charge in [-0.05, 0) is 44.3 Å². The van der Waals surface area contributed by atoms with Crippen LogP contribution in [0.3, 0.4) is 0 Å². The van der Waals surface area contributed by atoms with Crippen molar-refractivity contribution < 1.29 is 0 Å². The number of rotatable bonds is 12. The maximum Gasteiger partial charge on any atom is 0.0164 e. The molecule has 0 aliphatic carbocycles. The highest BCUT2D eigenvalue weighted by Gasteiger charge is 2.08. The van der Waals surface area contributed by atoms with Crippen LogP contribution >= 0.6 is 0 Å². The molecule has 0 spiro atoms. The monoisotopic (exact) mass is 254 g/mol. The molecule has 0 saturated carbocycles. The van der Waals surface area contributed by atoms with Gasteiger partial charge in [-0.15, -0.1) is 0 Å². The van der Waals surface area contributed by atoms with Gasteiger partial charge in [0, 0.05) is 6.54 Å². The molecule has 0 saturated heterocycles. The van der Waals surface area contributed by atoms with E-state index < -0.39 is 0 Å². The van der Waals surface area contributed by atoms with Crippen LogP contribution in [0, 0.1) is 11.8 Å². The summed E-state index contributed by atoms with van der Waals surface area (Å²) in [6.45, 7) is 17.5. The van der Waals surface area contributed by atoms with Crippen LogP contribution in [0.1, 0.15) is 53.4 Å². The van der Waals surface area contributed by atoms with Crippen molar-refractivity contribution in [2.45, 2.75) is 53.4 Å². The molecule has 0 aliphatic heterocycles. The third-order valence-electron chi connectivity index (χ3n) is 3.76. The predicted molar refractivity (Wildman–Crippen MR) is 83.0 cm³/mol. The Kier molecular flexibility index (Phi) is 11.5. The third-order valence-corrected chi connectivity index (χ3v) is 3.76. The quantitative estimate of drug-likeness (QED) is 0.411. The zero-order valence-electron chi connectivity index (χ0n) is 13.0. The number of hydrogen-bond acceptors (Lipinski definition) is 2. The van der Waals surface area contributed by atoms with Crippen molar-refractivity contribution in [3.8, 4) is 0 Å². The SMILES string of the molecule is C=C(CNCC(CC)CCC)C(C)CCNCC. The molecule has 0 amide bonds. The minimum Gasteiger partial charge on any atom is -0.317 e. The lowest BCUT2D eigenvalue weighted by molar-refractivity contribution is 0.431. The predicted octanol–water partition coefficient (Wildman–Crippen LogP) is 3.59. The number of hydrogen-bond donors (Lipinski definition) is 2. The van der Waals surface area contributed by atoms with Crippen molar-refractivity contribution in [3.63, 3.8) is 0 Å². The van der Waals surface area contributed by atoms with Crippen LogP contribution in [0.25, 0.3) is 0 Å². The average Bonchev–Trinajstić information content (AvgIpc) is 2.37. The topological polar surface area (TPSA) is 24.1 Å². The molecular weight excluding hydrogens is 220 g/mol. The molecule has 0 aromatic rings. The molecule has 108 valence electrons. The highest BCUT2D eigenvalue weighted by Crippen LogP contribution is 2.12. The molecule has 2 N–H and O–H groups in total. The lowest BCUT2D eigenvalue weighted by atomic mass is 9.98. The van der Waals surface area contributed by atoms with Crippen molar-refractivity contribution in [3.05, 3.63) is 12.2 Å². The Morgan fingerprint density at radius 1 is 1.11 bits per heavy atom.